The largest absolute Gasteiger partial charge is 0.487 e. The first-order valence-corrected chi connectivity index (χ1v) is 12.8. The number of carbonyl (C=O) groups is 2. The average Bonchev–Trinajstić information content (AvgIpc) is 3.57. The summed E-state index contributed by atoms with van der Waals surface area (Å²) in [5.41, 5.74) is 1.74. The molecule has 6 atom stereocenters. The van der Waals surface area contributed by atoms with Crippen molar-refractivity contribution in [1.29, 1.82) is 0 Å². The summed E-state index contributed by atoms with van der Waals surface area (Å²) in [5.74, 6) is 1.40. The van der Waals surface area contributed by atoms with E-state index in [9.17, 15) is 9.59 Å². The van der Waals surface area contributed by atoms with Gasteiger partial charge in [-0.15, -0.1) is 0 Å². The average molecular weight is 591 g/mol. The summed E-state index contributed by atoms with van der Waals surface area (Å²) < 4.78 is 7.44. The van der Waals surface area contributed by atoms with Gasteiger partial charge in [0.1, 0.15) is 12.4 Å². The summed E-state index contributed by atoms with van der Waals surface area (Å²) in [6.07, 6.45) is 7.03. The molecule has 0 unspecified atom stereocenters. The summed E-state index contributed by atoms with van der Waals surface area (Å²) >= 11 is 13.0. The predicted octanol–water partition coefficient (Wildman–Crippen LogP) is 5.83. The number of hydrazone groups is 1. The van der Waals surface area contributed by atoms with Crippen molar-refractivity contribution < 1.29 is 14.3 Å². The minimum Gasteiger partial charge on any atom is -0.487 e. The minimum atomic E-state index is -0.240. The fraction of sp³-hybridized carbons (Fsp3) is 0.320. The standard InChI is InChI=1S/C25H19Br2ClN2O3/c26-19-7-13(8-20(27)23(19)33-11-12-1-3-14(28)4-2-12)10-29-30-24(31)21-15-5-6-16(18-9-17(15)18)22(21)25(30)32/h1-8,10,15-18,21-22H,9,11H2/b29-10-/t15-,16-,17-,18-,21+,22+/m0/s1. The molecule has 0 spiro atoms. The van der Waals surface area contributed by atoms with Crippen molar-refractivity contribution in [3.63, 3.8) is 0 Å². The number of ether oxygens (including phenoxy) is 1. The number of hydrogen-bond donors (Lipinski definition) is 0. The van der Waals surface area contributed by atoms with Crippen LogP contribution in [-0.4, -0.2) is 23.0 Å². The Balaban J connectivity index is 1.18. The third-order valence-corrected chi connectivity index (χ3v) is 8.71. The molecule has 7 rings (SSSR count). The van der Waals surface area contributed by atoms with Gasteiger partial charge in [0.15, 0.2) is 0 Å². The second-order valence-corrected chi connectivity index (χ2v) is 11.3. The molecule has 1 aliphatic heterocycles. The van der Waals surface area contributed by atoms with E-state index in [0.29, 0.717) is 29.2 Å². The maximum atomic E-state index is 13.1. The van der Waals surface area contributed by atoms with Crippen molar-refractivity contribution in [1.82, 2.24) is 5.01 Å². The molecule has 0 N–H and O–H groups in total. The lowest BCUT2D eigenvalue weighted by Gasteiger charge is -2.37. The molecule has 0 radical (unpaired) electrons. The number of halogens is 3. The van der Waals surface area contributed by atoms with Crippen LogP contribution >= 0.6 is 43.5 Å². The summed E-state index contributed by atoms with van der Waals surface area (Å²) in [5, 5.41) is 6.09. The summed E-state index contributed by atoms with van der Waals surface area (Å²) in [4.78, 5) is 26.1. The Morgan fingerprint density at radius 1 is 1.00 bits per heavy atom. The van der Waals surface area contributed by atoms with E-state index in [1.165, 1.54) is 0 Å². The predicted molar refractivity (Wildman–Crippen MR) is 132 cm³/mol. The Morgan fingerprint density at radius 2 is 1.58 bits per heavy atom. The molecule has 5 aliphatic rings. The summed E-state index contributed by atoms with van der Waals surface area (Å²) in [6.45, 7) is 0.389. The van der Waals surface area contributed by atoms with E-state index in [0.717, 1.165) is 31.5 Å². The zero-order valence-electron chi connectivity index (χ0n) is 17.3. The van der Waals surface area contributed by atoms with Gasteiger partial charge in [-0.25, -0.2) is 0 Å². The molecule has 8 heteroatoms. The molecule has 33 heavy (non-hydrogen) atoms. The van der Waals surface area contributed by atoms with Gasteiger partial charge in [0.2, 0.25) is 0 Å². The quantitative estimate of drug-likeness (QED) is 0.250. The van der Waals surface area contributed by atoms with Gasteiger partial charge in [-0.1, -0.05) is 35.9 Å². The molecule has 1 saturated heterocycles. The van der Waals surface area contributed by atoms with E-state index in [1.807, 2.05) is 36.4 Å². The zero-order valence-corrected chi connectivity index (χ0v) is 21.3. The van der Waals surface area contributed by atoms with Crippen molar-refractivity contribution in [2.24, 2.45) is 40.6 Å². The number of benzene rings is 2. The van der Waals surface area contributed by atoms with Crippen LogP contribution in [0.3, 0.4) is 0 Å². The molecule has 3 fully saturated rings. The van der Waals surface area contributed by atoms with Gasteiger partial charge in [-0.3, -0.25) is 9.59 Å². The molecule has 168 valence electrons. The van der Waals surface area contributed by atoms with Crippen molar-refractivity contribution in [3.8, 4) is 5.75 Å². The molecular weight excluding hydrogens is 572 g/mol. The monoisotopic (exact) mass is 588 g/mol. The lowest BCUT2D eigenvalue weighted by atomic mass is 9.63. The van der Waals surface area contributed by atoms with Crippen LogP contribution < -0.4 is 4.74 Å². The Bertz CT molecular complexity index is 1170. The van der Waals surface area contributed by atoms with E-state index >= 15 is 0 Å². The maximum absolute atomic E-state index is 13.1. The highest BCUT2D eigenvalue weighted by Gasteiger charge is 2.67. The van der Waals surface area contributed by atoms with E-state index in [1.54, 1.807) is 6.21 Å². The number of carbonyl (C=O) groups excluding carboxylic acids is 2. The Labute approximate surface area is 213 Å². The fourth-order valence-corrected chi connectivity index (χ4v) is 7.28. The van der Waals surface area contributed by atoms with Crippen LogP contribution in [0.5, 0.6) is 5.75 Å². The highest BCUT2D eigenvalue weighted by atomic mass is 79.9. The van der Waals surface area contributed by atoms with Gasteiger partial charge in [0.05, 0.1) is 27.0 Å². The SMILES string of the molecule is O=C1[C@@H]2[C@H]3C=C[C@@H]([C@@H]4C[C@@H]34)[C@H]2C(=O)N1/N=C\c1cc(Br)c(OCc2ccc(Cl)cc2)c(Br)c1. The van der Waals surface area contributed by atoms with E-state index in [2.05, 4.69) is 49.1 Å². The number of nitrogens with zero attached hydrogens (tertiary/aromatic N) is 2. The summed E-state index contributed by atoms with van der Waals surface area (Å²) in [7, 11) is 0. The molecule has 1 heterocycles. The molecule has 2 bridgehead atoms. The third-order valence-electron chi connectivity index (χ3n) is 7.28. The van der Waals surface area contributed by atoms with Crippen molar-refractivity contribution >= 4 is 61.5 Å². The normalized spacial score (nSPS) is 31.3. The van der Waals surface area contributed by atoms with Gasteiger partial charge >= 0.3 is 0 Å². The Kier molecular flexibility index (Phi) is 5.27. The van der Waals surface area contributed by atoms with Crippen LogP contribution in [0.1, 0.15) is 17.5 Å². The lowest BCUT2D eigenvalue weighted by molar-refractivity contribution is -0.140. The Morgan fingerprint density at radius 3 is 2.15 bits per heavy atom. The van der Waals surface area contributed by atoms with E-state index in [4.69, 9.17) is 16.3 Å². The maximum Gasteiger partial charge on any atom is 0.254 e. The number of rotatable bonds is 5. The van der Waals surface area contributed by atoms with Gasteiger partial charge in [-0.05, 0) is 97.3 Å². The highest BCUT2D eigenvalue weighted by molar-refractivity contribution is 9.11. The molecular formula is C25H19Br2ClN2O3. The minimum absolute atomic E-state index is 0.160. The first-order chi connectivity index (χ1) is 15.9. The molecule has 4 aliphatic carbocycles. The van der Waals surface area contributed by atoms with E-state index < -0.39 is 0 Å². The van der Waals surface area contributed by atoms with E-state index in [-0.39, 0.29) is 35.5 Å². The molecule has 0 aromatic heterocycles. The molecule has 2 saturated carbocycles. The number of allylic oxidation sites excluding steroid dienone is 2. The van der Waals surface area contributed by atoms with Crippen LogP contribution in [0.25, 0.3) is 0 Å². The number of amides is 2. The third kappa shape index (κ3) is 3.60. The van der Waals surface area contributed by atoms with Gasteiger partial charge in [-0.2, -0.15) is 10.1 Å². The Hall–Kier alpha value is -1.96. The van der Waals surface area contributed by atoms with Gasteiger partial charge in [0.25, 0.3) is 11.8 Å². The van der Waals surface area contributed by atoms with Crippen LogP contribution in [0, 0.1) is 35.5 Å². The fourth-order valence-electron chi connectivity index (χ4n) is 5.71. The summed E-state index contributed by atoms with van der Waals surface area (Å²) in [6, 6.07) is 11.2. The van der Waals surface area contributed by atoms with Crippen molar-refractivity contribution in [2.45, 2.75) is 13.0 Å². The van der Waals surface area contributed by atoms with Crippen molar-refractivity contribution in [2.75, 3.05) is 0 Å². The zero-order chi connectivity index (χ0) is 22.9. The topological polar surface area (TPSA) is 59.0 Å². The molecule has 2 aromatic rings. The second kappa shape index (κ2) is 8.07. The van der Waals surface area contributed by atoms with Crippen LogP contribution in [-0.2, 0) is 16.2 Å². The van der Waals surface area contributed by atoms with Crippen LogP contribution in [0.4, 0.5) is 0 Å². The lowest BCUT2D eigenvalue weighted by Crippen LogP contribution is -2.40. The highest BCUT2D eigenvalue weighted by Crippen LogP contribution is 2.65. The van der Waals surface area contributed by atoms with Crippen molar-refractivity contribution in [3.05, 3.63) is 73.6 Å². The van der Waals surface area contributed by atoms with Crippen LogP contribution in [0.15, 0.2) is 62.6 Å². The molecule has 2 amide bonds. The second-order valence-electron chi connectivity index (χ2n) is 9.12. The first kappa shape index (κ1) is 21.6. The molecule has 2 aromatic carbocycles. The first-order valence-electron chi connectivity index (χ1n) is 10.9. The smallest absolute Gasteiger partial charge is 0.254 e. The number of imide groups is 1. The van der Waals surface area contributed by atoms with Gasteiger partial charge in [0, 0.05) is 5.02 Å². The number of hydrogen-bond acceptors (Lipinski definition) is 4. The van der Waals surface area contributed by atoms with Crippen LogP contribution in [0.2, 0.25) is 5.02 Å². The van der Waals surface area contributed by atoms with Gasteiger partial charge < -0.3 is 4.74 Å². The molecule has 5 nitrogen and oxygen atoms in total.